The monoisotopic (exact) mass is 503 g/mol. The molecule has 1 amide bonds. The Bertz CT molecular complexity index is 572. The van der Waals surface area contributed by atoms with Gasteiger partial charge < -0.3 is 16.0 Å². The molecule has 0 saturated carbocycles. The second-order valence-electron chi connectivity index (χ2n) is 7.02. The highest BCUT2D eigenvalue weighted by Crippen LogP contribution is 2.16. The maximum atomic E-state index is 12.1. The number of amides is 1. The number of piperidine rings is 1. The molecule has 1 aliphatic rings. The Morgan fingerprint density at radius 3 is 2.31 bits per heavy atom. The molecule has 154 valence electrons. The summed E-state index contributed by atoms with van der Waals surface area (Å²) in [5, 5.41) is 9.16. The van der Waals surface area contributed by atoms with Gasteiger partial charge in [-0.2, -0.15) is 0 Å². The van der Waals surface area contributed by atoms with Gasteiger partial charge in [-0.25, -0.2) is 12.7 Å². The average molecular weight is 503 g/mol. The molecular weight excluding hydrogens is 469 g/mol. The Balaban J connectivity index is 0.00000625. The molecule has 0 atom stereocenters. The van der Waals surface area contributed by atoms with E-state index in [1.807, 2.05) is 20.8 Å². The highest BCUT2D eigenvalue weighted by molar-refractivity contribution is 14.0. The smallest absolute Gasteiger partial charge is 0.227 e. The van der Waals surface area contributed by atoms with Gasteiger partial charge in [-0.15, -0.1) is 24.0 Å². The third-order valence-corrected chi connectivity index (χ3v) is 6.49. The fourth-order valence-corrected chi connectivity index (χ4v) is 4.32. The molecule has 1 fully saturated rings. The van der Waals surface area contributed by atoms with Gasteiger partial charge in [0.1, 0.15) is 0 Å². The van der Waals surface area contributed by atoms with E-state index >= 15 is 0 Å². The second-order valence-corrected chi connectivity index (χ2v) is 9.11. The maximum Gasteiger partial charge on any atom is 0.227 e. The number of guanidine groups is 1. The number of nitrogens with one attached hydrogen (secondary N) is 3. The van der Waals surface area contributed by atoms with Crippen molar-refractivity contribution in [1.82, 2.24) is 20.3 Å². The second kappa shape index (κ2) is 11.3. The van der Waals surface area contributed by atoms with Crippen LogP contribution in [-0.2, 0) is 14.8 Å². The molecule has 0 unspecified atom stereocenters. The number of carbonyl (C=O) groups is 1. The third kappa shape index (κ3) is 7.55. The molecule has 0 bridgehead atoms. The van der Waals surface area contributed by atoms with Crippen LogP contribution in [0.25, 0.3) is 0 Å². The minimum absolute atomic E-state index is 0. The van der Waals surface area contributed by atoms with E-state index in [0.717, 1.165) is 12.8 Å². The number of hydrogen-bond acceptors (Lipinski definition) is 4. The van der Waals surface area contributed by atoms with Crippen molar-refractivity contribution in [3.05, 3.63) is 0 Å². The number of hydrogen-bond donors (Lipinski definition) is 3. The fourth-order valence-electron chi connectivity index (χ4n) is 2.78. The van der Waals surface area contributed by atoms with Crippen LogP contribution in [0.3, 0.4) is 0 Å². The van der Waals surface area contributed by atoms with Gasteiger partial charge in [0.05, 0.1) is 11.2 Å². The predicted octanol–water partition coefficient (Wildman–Crippen LogP) is 0.746. The average Bonchev–Trinajstić information content (AvgIpc) is 2.58. The van der Waals surface area contributed by atoms with E-state index in [4.69, 9.17) is 0 Å². The first kappa shape index (κ1) is 25.4. The molecule has 0 spiro atoms. The Labute approximate surface area is 175 Å². The number of aliphatic imine (C=N–C) groups is 1. The van der Waals surface area contributed by atoms with E-state index in [2.05, 4.69) is 20.9 Å². The van der Waals surface area contributed by atoms with Crippen LogP contribution in [0.2, 0.25) is 0 Å². The molecular formula is C16H34IN5O3S. The normalized spacial score (nSPS) is 17.3. The van der Waals surface area contributed by atoms with Gasteiger partial charge in [-0.3, -0.25) is 9.79 Å². The molecule has 0 aromatic heterocycles. The van der Waals surface area contributed by atoms with Crippen LogP contribution in [0.5, 0.6) is 0 Å². The summed E-state index contributed by atoms with van der Waals surface area (Å²) in [6.07, 6.45) is 2.11. The largest absolute Gasteiger partial charge is 0.359 e. The Morgan fingerprint density at radius 2 is 1.85 bits per heavy atom. The third-order valence-electron chi connectivity index (χ3n) is 4.41. The first-order valence-electron chi connectivity index (χ1n) is 8.83. The summed E-state index contributed by atoms with van der Waals surface area (Å²) in [6, 6.07) is 0.169. The van der Waals surface area contributed by atoms with Crippen LogP contribution in [0, 0.1) is 5.41 Å². The van der Waals surface area contributed by atoms with Crippen LogP contribution in [0.15, 0.2) is 4.99 Å². The summed E-state index contributed by atoms with van der Waals surface area (Å²) < 4.78 is 25.8. The van der Waals surface area contributed by atoms with Gasteiger partial charge in [0.15, 0.2) is 5.96 Å². The molecule has 1 rings (SSSR count). The Morgan fingerprint density at radius 1 is 1.27 bits per heavy atom. The number of sulfonamides is 1. The molecule has 0 radical (unpaired) electrons. The predicted molar refractivity (Wildman–Crippen MR) is 116 cm³/mol. The van der Waals surface area contributed by atoms with Crippen LogP contribution >= 0.6 is 24.0 Å². The van der Waals surface area contributed by atoms with Gasteiger partial charge >= 0.3 is 0 Å². The Kier molecular flexibility index (Phi) is 11.0. The Hall–Kier alpha value is -0.620. The van der Waals surface area contributed by atoms with E-state index in [-0.39, 0.29) is 41.7 Å². The molecule has 0 aromatic rings. The molecule has 1 aliphatic heterocycles. The van der Waals surface area contributed by atoms with Crippen LogP contribution in [0.4, 0.5) is 0 Å². The number of nitrogens with zero attached hydrogens (tertiary/aromatic N) is 2. The van der Waals surface area contributed by atoms with Crippen molar-refractivity contribution in [2.45, 2.75) is 46.1 Å². The van der Waals surface area contributed by atoms with Gasteiger partial charge in [-0.1, -0.05) is 6.92 Å². The highest BCUT2D eigenvalue weighted by Gasteiger charge is 2.29. The highest BCUT2D eigenvalue weighted by atomic mass is 127. The minimum atomic E-state index is -3.12. The van der Waals surface area contributed by atoms with E-state index in [1.54, 1.807) is 18.4 Å². The zero-order chi connectivity index (χ0) is 19.1. The number of carbonyl (C=O) groups excluding carboxylic acids is 1. The molecule has 26 heavy (non-hydrogen) atoms. The van der Waals surface area contributed by atoms with Crippen molar-refractivity contribution in [3.8, 4) is 0 Å². The summed E-state index contributed by atoms with van der Waals surface area (Å²) in [7, 11) is 0.188. The van der Waals surface area contributed by atoms with Crippen molar-refractivity contribution in [2.24, 2.45) is 10.4 Å². The van der Waals surface area contributed by atoms with Crippen LogP contribution in [0.1, 0.15) is 40.0 Å². The summed E-state index contributed by atoms with van der Waals surface area (Å²) in [4.78, 5) is 16.0. The van der Waals surface area contributed by atoms with Crippen LogP contribution in [-0.4, -0.2) is 70.1 Å². The van der Waals surface area contributed by atoms with Crippen LogP contribution < -0.4 is 16.0 Å². The molecule has 1 heterocycles. The zero-order valence-electron chi connectivity index (χ0n) is 16.5. The van der Waals surface area contributed by atoms with E-state index in [1.165, 1.54) is 0 Å². The van der Waals surface area contributed by atoms with Crippen molar-refractivity contribution in [3.63, 3.8) is 0 Å². The molecule has 0 aromatic carbocycles. The molecule has 1 saturated heterocycles. The van der Waals surface area contributed by atoms with E-state index in [9.17, 15) is 13.2 Å². The van der Waals surface area contributed by atoms with Crippen molar-refractivity contribution in [2.75, 3.05) is 39.5 Å². The molecule has 10 heteroatoms. The lowest BCUT2D eigenvalue weighted by atomic mass is 9.92. The van der Waals surface area contributed by atoms with E-state index in [0.29, 0.717) is 32.0 Å². The zero-order valence-corrected chi connectivity index (χ0v) is 19.6. The van der Waals surface area contributed by atoms with Gasteiger partial charge in [-0.05, 0) is 33.1 Å². The summed E-state index contributed by atoms with van der Waals surface area (Å²) >= 11 is 0. The minimum Gasteiger partial charge on any atom is -0.359 e. The first-order chi connectivity index (χ1) is 11.7. The fraction of sp³-hybridized carbons (Fsp3) is 0.875. The van der Waals surface area contributed by atoms with Crippen molar-refractivity contribution < 1.29 is 13.2 Å². The lowest BCUT2D eigenvalue weighted by Gasteiger charge is -2.33. The topological polar surface area (TPSA) is 103 Å². The lowest BCUT2D eigenvalue weighted by Crippen LogP contribution is -2.52. The first-order valence-corrected chi connectivity index (χ1v) is 10.4. The number of rotatable bonds is 7. The SMILES string of the molecule is CCCS(=O)(=O)N1CCC(NC(=NC)NCC(C)(C)C(=O)NC)CC1.I. The van der Waals surface area contributed by atoms with Gasteiger partial charge in [0.2, 0.25) is 15.9 Å². The standard InChI is InChI=1S/C16H33N5O3S.HI/c1-6-11-25(23,24)21-9-7-13(8-10-21)20-15(18-5)19-12-16(2,3)14(22)17-4;/h13H,6-12H2,1-5H3,(H,17,22)(H2,18,19,20);1H. The van der Waals surface area contributed by atoms with Gasteiger partial charge in [0.25, 0.3) is 0 Å². The van der Waals surface area contributed by atoms with E-state index < -0.39 is 15.4 Å². The lowest BCUT2D eigenvalue weighted by molar-refractivity contribution is -0.128. The molecule has 8 nitrogen and oxygen atoms in total. The summed E-state index contributed by atoms with van der Waals surface area (Å²) in [6.45, 7) is 7.12. The number of halogens is 1. The summed E-state index contributed by atoms with van der Waals surface area (Å²) in [5.41, 5.74) is -0.552. The van der Waals surface area contributed by atoms with Crippen molar-refractivity contribution >= 4 is 45.9 Å². The maximum absolute atomic E-state index is 12.1. The summed E-state index contributed by atoms with van der Waals surface area (Å²) in [5.74, 6) is 0.805. The quantitative estimate of drug-likeness (QED) is 0.270. The van der Waals surface area contributed by atoms with Gasteiger partial charge in [0, 0.05) is 39.8 Å². The van der Waals surface area contributed by atoms with Crippen molar-refractivity contribution in [1.29, 1.82) is 0 Å². The molecule has 0 aliphatic carbocycles. The molecule has 3 N–H and O–H groups in total.